The lowest BCUT2D eigenvalue weighted by molar-refractivity contribution is 0.766. The predicted octanol–water partition coefficient (Wildman–Crippen LogP) is 16.8. The normalized spacial score (nSPS) is 13.3. The summed E-state index contributed by atoms with van der Waals surface area (Å²) in [5.74, 6) is 0. The molecule has 0 radical (unpaired) electrons. The van der Waals surface area contributed by atoms with Crippen molar-refractivity contribution in [2.45, 2.75) is 5.41 Å². The van der Waals surface area contributed by atoms with Crippen LogP contribution in [0.5, 0.6) is 0 Å². The summed E-state index contributed by atoms with van der Waals surface area (Å²) in [5.41, 5.74) is 23.4. The predicted molar refractivity (Wildman–Crippen MR) is 272 cm³/mol. The Kier molecular flexibility index (Phi) is 8.47. The third-order valence-electron chi connectivity index (χ3n) is 13.8. The van der Waals surface area contributed by atoms with Gasteiger partial charge < -0.3 is 9.80 Å². The molecule has 1 aliphatic heterocycles. The second-order valence-corrected chi connectivity index (χ2v) is 17.2. The van der Waals surface area contributed by atoms with E-state index in [1.165, 1.54) is 66.8 Å². The largest absolute Gasteiger partial charge is 0.308 e. The fraction of sp³-hybridized carbons (Fsp3) is 0.0159. The molecule has 0 amide bonds. The average molecular weight is 827 g/mol. The summed E-state index contributed by atoms with van der Waals surface area (Å²) in [6, 6.07) is 89.6. The Balaban J connectivity index is 1.14. The van der Waals surface area contributed by atoms with Gasteiger partial charge in [0.05, 0.1) is 28.2 Å². The molecule has 0 aromatic heterocycles. The van der Waals surface area contributed by atoms with Crippen molar-refractivity contribution in [3.05, 3.63) is 276 Å². The number of para-hydroxylation sites is 4. The van der Waals surface area contributed by atoms with Crippen LogP contribution in [0, 0.1) is 0 Å². The SMILES string of the molecule is C1=Cc2ccccc2C2(c3ccccc31)c1ccccc1-c1cc(N(c3ccccc3-c3ccccc3)c3cccc4c3N(c3ccccc3)c3ccccc3-c3ccccc3-4)ccc12. The van der Waals surface area contributed by atoms with Crippen molar-refractivity contribution in [2.75, 3.05) is 9.80 Å². The van der Waals surface area contributed by atoms with Crippen LogP contribution in [0.3, 0.4) is 0 Å². The fourth-order valence-electron chi connectivity index (χ4n) is 11.2. The van der Waals surface area contributed by atoms with Crippen LogP contribution >= 0.6 is 0 Å². The quantitative estimate of drug-likeness (QED) is 0.171. The van der Waals surface area contributed by atoms with E-state index in [0.29, 0.717) is 0 Å². The summed E-state index contributed by atoms with van der Waals surface area (Å²) < 4.78 is 0. The molecule has 65 heavy (non-hydrogen) atoms. The third kappa shape index (κ3) is 5.54. The topological polar surface area (TPSA) is 6.48 Å². The van der Waals surface area contributed by atoms with Gasteiger partial charge >= 0.3 is 0 Å². The van der Waals surface area contributed by atoms with Crippen LogP contribution < -0.4 is 9.80 Å². The summed E-state index contributed by atoms with van der Waals surface area (Å²) in [4.78, 5) is 5.01. The van der Waals surface area contributed by atoms with E-state index in [2.05, 4.69) is 265 Å². The van der Waals surface area contributed by atoms with Gasteiger partial charge in [-0.2, -0.15) is 0 Å². The van der Waals surface area contributed by atoms with Gasteiger partial charge in [0.2, 0.25) is 0 Å². The number of hydrogen-bond donors (Lipinski definition) is 0. The van der Waals surface area contributed by atoms with Crippen molar-refractivity contribution in [3.63, 3.8) is 0 Å². The molecule has 13 rings (SSSR count). The van der Waals surface area contributed by atoms with Gasteiger partial charge in [-0.1, -0.05) is 212 Å². The van der Waals surface area contributed by atoms with Gasteiger partial charge in [-0.3, -0.25) is 0 Å². The van der Waals surface area contributed by atoms with Gasteiger partial charge in [0.25, 0.3) is 0 Å². The van der Waals surface area contributed by atoms with Gasteiger partial charge in [-0.15, -0.1) is 0 Å². The van der Waals surface area contributed by atoms with E-state index in [9.17, 15) is 0 Å². The van der Waals surface area contributed by atoms with Gasteiger partial charge in [0.15, 0.2) is 0 Å². The smallest absolute Gasteiger partial charge is 0.0781 e. The summed E-state index contributed by atoms with van der Waals surface area (Å²) in [7, 11) is 0. The zero-order valence-electron chi connectivity index (χ0n) is 35.6. The fourth-order valence-corrected chi connectivity index (χ4v) is 11.2. The molecule has 1 heterocycles. The molecule has 0 bridgehead atoms. The molecule has 304 valence electrons. The molecule has 0 atom stereocenters. The van der Waals surface area contributed by atoms with Crippen LogP contribution in [0.25, 0.3) is 56.7 Å². The second-order valence-electron chi connectivity index (χ2n) is 17.2. The van der Waals surface area contributed by atoms with Crippen molar-refractivity contribution < 1.29 is 0 Å². The molecular weight excluding hydrogens is 785 g/mol. The molecule has 10 aromatic rings. The van der Waals surface area contributed by atoms with E-state index in [-0.39, 0.29) is 0 Å². The minimum absolute atomic E-state index is 0.519. The number of fused-ring (bicyclic) bond motifs is 14. The molecule has 2 nitrogen and oxygen atoms in total. The van der Waals surface area contributed by atoms with Crippen molar-refractivity contribution in [1.82, 2.24) is 0 Å². The maximum Gasteiger partial charge on any atom is 0.0781 e. The van der Waals surface area contributed by atoms with Crippen molar-refractivity contribution >= 4 is 46.3 Å². The number of benzene rings is 10. The molecule has 3 aliphatic rings. The lowest BCUT2D eigenvalue weighted by Crippen LogP contribution is -2.30. The van der Waals surface area contributed by atoms with Gasteiger partial charge in [0, 0.05) is 28.1 Å². The Bertz CT molecular complexity index is 3460. The lowest BCUT2D eigenvalue weighted by atomic mass is 9.66. The molecule has 10 aromatic carbocycles. The van der Waals surface area contributed by atoms with Crippen LogP contribution in [0.15, 0.2) is 243 Å². The van der Waals surface area contributed by atoms with Crippen LogP contribution in [-0.4, -0.2) is 0 Å². The molecule has 2 aliphatic carbocycles. The van der Waals surface area contributed by atoms with Gasteiger partial charge in [-0.25, -0.2) is 0 Å². The van der Waals surface area contributed by atoms with E-state index in [1.54, 1.807) is 0 Å². The average Bonchev–Trinajstić information content (AvgIpc) is 3.48. The van der Waals surface area contributed by atoms with Crippen LogP contribution in [0.4, 0.5) is 34.1 Å². The van der Waals surface area contributed by atoms with E-state index in [1.807, 2.05) is 0 Å². The lowest BCUT2D eigenvalue weighted by Gasteiger charge is -2.36. The first-order valence-corrected chi connectivity index (χ1v) is 22.5. The number of hydrogen-bond acceptors (Lipinski definition) is 2. The minimum atomic E-state index is -0.519. The maximum absolute atomic E-state index is 2.53. The van der Waals surface area contributed by atoms with Gasteiger partial charge in [-0.05, 0) is 104 Å². The number of nitrogens with zero attached hydrogens (tertiary/aromatic N) is 2. The van der Waals surface area contributed by atoms with Crippen LogP contribution in [0.1, 0.15) is 33.4 Å². The van der Waals surface area contributed by atoms with E-state index >= 15 is 0 Å². The first-order chi connectivity index (χ1) is 32.3. The first kappa shape index (κ1) is 37.1. The van der Waals surface area contributed by atoms with Gasteiger partial charge in [0.1, 0.15) is 0 Å². The Morgan fingerprint density at radius 2 is 0.831 bits per heavy atom. The minimum Gasteiger partial charge on any atom is -0.308 e. The summed E-state index contributed by atoms with van der Waals surface area (Å²) in [5, 5.41) is 0. The standard InChI is InChI=1S/C63H42N2/c1-3-20-43(21-4-1)48-26-12-17-35-59(48)64(61-37-19-31-53-50-28-10-9-27-49(50)52-30-13-18-36-60(52)65(62(53)61)46-24-5-2-6-25-46)47-40-41-58-54(42-47)51-29-11-16-34-57(51)63(58)55-32-14-7-22-44(55)38-39-45-23-8-15-33-56(45)63/h1-42H. The Morgan fingerprint density at radius 1 is 0.323 bits per heavy atom. The first-order valence-electron chi connectivity index (χ1n) is 22.5. The zero-order valence-corrected chi connectivity index (χ0v) is 35.6. The Labute approximate surface area is 380 Å². The zero-order chi connectivity index (χ0) is 42.9. The monoisotopic (exact) mass is 826 g/mol. The molecule has 0 fully saturated rings. The van der Waals surface area contributed by atoms with Crippen molar-refractivity contribution in [2.24, 2.45) is 0 Å². The molecule has 0 unspecified atom stereocenters. The van der Waals surface area contributed by atoms with Crippen LogP contribution in [0.2, 0.25) is 0 Å². The summed E-state index contributed by atoms with van der Waals surface area (Å²) in [6.07, 6.45) is 4.60. The van der Waals surface area contributed by atoms with Crippen LogP contribution in [-0.2, 0) is 5.41 Å². The molecule has 0 saturated carbocycles. The highest BCUT2D eigenvalue weighted by atomic mass is 15.2. The molecule has 1 spiro atoms. The summed E-state index contributed by atoms with van der Waals surface area (Å²) in [6.45, 7) is 0. The molecule has 0 saturated heterocycles. The van der Waals surface area contributed by atoms with Crippen molar-refractivity contribution in [3.8, 4) is 44.5 Å². The molecule has 2 heteroatoms. The highest BCUT2D eigenvalue weighted by Gasteiger charge is 2.48. The van der Waals surface area contributed by atoms with Crippen molar-refractivity contribution in [1.29, 1.82) is 0 Å². The van der Waals surface area contributed by atoms with E-state index in [0.717, 1.165) is 45.3 Å². The molecular formula is C63H42N2. The Hall–Kier alpha value is -8.46. The number of anilines is 6. The maximum atomic E-state index is 2.53. The molecule has 0 N–H and O–H groups in total. The number of rotatable bonds is 5. The highest BCUT2D eigenvalue weighted by Crippen LogP contribution is 2.61. The summed E-state index contributed by atoms with van der Waals surface area (Å²) >= 11 is 0. The Morgan fingerprint density at radius 3 is 1.55 bits per heavy atom. The second kappa shape index (κ2) is 14.8. The third-order valence-corrected chi connectivity index (χ3v) is 13.8. The van der Waals surface area contributed by atoms with E-state index < -0.39 is 5.41 Å². The van der Waals surface area contributed by atoms with E-state index in [4.69, 9.17) is 0 Å². The highest BCUT2D eigenvalue weighted by molar-refractivity contribution is 6.08.